The molecular weight excluding hydrogens is 1450 g/mol. The number of halogens is 6. The summed E-state index contributed by atoms with van der Waals surface area (Å²) in [6, 6.07) is -10.9. The lowest BCUT2D eigenvalue weighted by molar-refractivity contribution is -0.215. The Kier molecular flexibility index (Phi) is 31.8. The van der Waals surface area contributed by atoms with Crippen LogP contribution in [0.3, 0.4) is 0 Å². The molecule has 13 atom stereocenters. The Balaban J connectivity index is 1.35. The van der Waals surface area contributed by atoms with Crippen molar-refractivity contribution in [2.75, 3.05) is 96.3 Å². The first-order valence-electron chi connectivity index (χ1n) is 40.2. The molecule has 3 N–H and O–H groups in total. The van der Waals surface area contributed by atoms with Crippen LogP contribution < -0.4 is 16.0 Å². The number of ether oxygens (including phenoxy) is 2. The minimum Gasteiger partial charge on any atom is -0.381 e. The summed E-state index contributed by atoms with van der Waals surface area (Å²) in [6.45, 7) is 11.1. The van der Waals surface area contributed by atoms with Gasteiger partial charge in [0.15, 0.2) is 0 Å². The molecular formula is C79H126F6N12O14. The predicted octanol–water partition coefficient (Wildman–Crippen LogP) is 7.11. The van der Waals surface area contributed by atoms with Crippen LogP contribution in [0.2, 0.25) is 0 Å². The van der Waals surface area contributed by atoms with E-state index in [0.29, 0.717) is 19.3 Å². The fourth-order valence-corrected chi connectivity index (χ4v) is 18.2. The molecule has 7 rings (SSSR count). The maximum absolute atomic E-state index is 15.8. The van der Waals surface area contributed by atoms with Crippen molar-refractivity contribution >= 4 is 70.9 Å². The molecule has 4 saturated carbocycles. The third-order valence-corrected chi connectivity index (χ3v) is 25.3. The van der Waals surface area contributed by atoms with Crippen LogP contribution in [0.5, 0.6) is 0 Å². The quantitative estimate of drug-likeness (QED) is 0.103. The Morgan fingerprint density at radius 3 is 1.80 bits per heavy atom. The molecule has 111 heavy (non-hydrogen) atoms. The number of nitrogens with one attached hydrogen (secondary N) is 3. The summed E-state index contributed by atoms with van der Waals surface area (Å²) in [5.41, 5.74) is -2.29. The van der Waals surface area contributed by atoms with Crippen molar-refractivity contribution in [1.82, 2.24) is 60.0 Å². The zero-order valence-electron chi connectivity index (χ0n) is 68.3. The van der Waals surface area contributed by atoms with Crippen LogP contribution in [0.15, 0.2) is 12.2 Å². The van der Waals surface area contributed by atoms with Gasteiger partial charge in [0.1, 0.15) is 53.9 Å². The highest BCUT2D eigenvalue weighted by molar-refractivity contribution is 6.01. The maximum atomic E-state index is 15.8. The van der Waals surface area contributed by atoms with E-state index >= 15 is 38.4 Å². The summed E-state index contributed by atoms with van der Waals surface area (Å²) in [5, 5.41) is 8.76. The number of likely N-dealkylation sites (N-methyl/N-ethyl adjacent to an activating group) is 7. The van der Waals surface area contributed by atoms with E-state index in [4.69, 9.17) is 9.47 Å². The van der Waals surface area contributed by atoms with Crippen molar-refractivity contribution in [2.45, 2.75) is 275 Å². The fraction of sp³-hybridized carbons (Fsp3) is 0.823. The van der Waals surface area contributed by atoms with Crippen LogP contribution in [0.25, 0.3) is 0 Å². The third kappa shape index (κ3) is 22.3. The number of fused-ring (bicyclic) bond motifs is 3. The first-order chi connectivity index (χ1) is 52.0. The molecule has 12 amide bonds. The molecule has 3 heterocycles. The summed E-state index contributed by atoms with van der Waals surface area (Å²) in [4.78, 5) is 194. The van der Waals surface area contributed by atoms with Gasteiger partial charge in [0.25, 0.3) is 0 Å². The van der Waals surface area contributed by atoms with E-state index in [0.717, 1.165) is 38.9 Å². The lowest BCUT2D eigenvalue weighted by Gasteiger charge is -2.54. The summed E-state index contributed by atoms with van der Waals surface area (Å²) in [6.07, 6.45) is -5.49. The summed E-state index contributed by atoms with van der Waals surface area (Å²) in [7, 11) is 12.4. The summed E-state index contributed by atoms with van der Waals surface area (Å²) >= 11 is 0. The number of hydrogen-bond acceptors (Lipinski definition) is 14. The van der Waals surface area contributed by atoms with Gasteiger partial charge in [-0.05, 0) is 138 Å². The zero-order valence-corrected chi connectivity index (χ0v) is 68.3. The fourth-order valence-electron chi connectivity index (χ4n) is 18.2. The number of nitrogens with zero attached hydrogens (tertiary/aromatic N) is 9. The predicted molar refractivity (Wildman–Crippen MR) is 400 cm³/mol. The highest BCUT2D eigenvalue weighted by Gasteiger charge is 2.60. The highest BCUT2D eigenvalue weighted by atomic mass is 19.4. The standard InChI is InChI=1S/C79H126F6N12O14/c1-17-47(5)65-73(107)91(11)44-64(100)92(12)56-27-22-21-23-36-96(72(56)106)60(38-49-28-32-52(33-29-49)78(80,81)82)71(105)90(10)43-62(98)86-55(35-31-50-30-34-54(79(83,84)85)61(39-50)110-16)69(103)97-42-53(111-20-4)40-58(97)68(102)88-77(45-76(6,7)46-77)75(109)95(15)66(51(18-2)19-3)74(108)94(14)59(70(104)89(8)9)41-63(99)93(13)57(67(101)87-65)37-48-25-24-26-48/h21-22,47-61,65-66H,17-20,23-46H2,1-16H3,(H,86,98)(H,87,101)(H,88,102)/b22-21-/t47-,49?,50?,52?,53+,54?,55-,56-,57-,58-,59-,60-,61?,65-,66-/m0/s1. The Bertz CT molecular complexity index is 3320. The van der Waals surface area contributed by atoms with Gasteiger partial charge in [0, 0.05) is 89.6 Å². The number of alkyl halides is 6. The van der Waals surface area contributed by atoms with Gasteiger partial charge in [-0.1, -0.05) is 92.2 Å². The van der Waals surface area contributed by atoms with Gasteiger partial charge in [-0.2, -0.15) is 26.3 Å². The molecule has 4 aliphatic carbocycles. The van der Waals surface area contributed by atoms with Gasteiger partial charge in [0.05, 0.1) is 43.6 Å². The lowest BCUT2D eigenvalue weighted by atomic mass is 9.58. The van der Waals surface area contributed by atoms with Gasteiger partial charge >= 0.3 is 12.4 Å². The molecule has 3 aliphatic heterocycles. The van der Waals surface area contributed by atoms with Crippen LogP contribution in [-0.2, 0) is 67.0 Å². The molecule has 26 nitrogen and oxygen atoms in total. The van der Waals surface area contributed by atoms with Gasteiger partial charge in [-0.15, -0.1) is 0 Å². The highest BCUT2D eigenvalue weighted by Crippen LogP contribution is 2.50. The van der Waals surface area contributed by atoms with Crippen molar-refractivity contribution in [3.05, 3.63) is 12.2 Å². The molecule has 0 radical (unpaired) electrons. The molecule has 2 saturated heterocycles. The van der Waals surface area contributed by atoms with Crippen LogP contribution in [0.4, 0.5) is 26.3 Å². The first-order valence-corrected chi connectivity index (χ1v) is 40.2. The minimum absolute atomic E-state index is 0.00572. The minimum atomic E-state index is -4.57. The monoisotopic (exact) mass is 1580 g/mol. The molecule has 0 aromatic rings. The van der Waals surface area contributed by atoms with Crippen LogP contribution in [0, 0.1) is 46.8 Å². The van der Waals surface area contributed by atoms with E-state index in [9.17, 15) is 45.5 Å². The number of methoxy groups -OCH3 is 1. The van der Waals surface area contributed by atoms with Crippen LogP contribution >= 0.6 is 0 Å². The van der Waals surface area contributed by atoms with Gasteiger partial charge < -0.3 is 69.5 Å². The number of hydrogen-bond donors (Lipinski definition) is 3. The average Bonchev–Trinajstić information content (AvgIpc) is 1.35. The Labute approximate surface area is 651 Å². The van der Waals surface area contributed by atoms with E-state index < -0.39 is 210 Å². The Hall–Kier alpha value is -7.12. The topological polar surface area (TPSA) is 289 Å². The third-order valence-electron chi connectivity index (χ3n) is 25.3. The second-order valence-electron chi connectivity index (χ2n) is 33.9. The maximum Gasteiger partial charge on any atom is 0.394 e. The zero-order chi connectivity index (χ0) is 82.7. The van der Waals surface area contributed by atoms with Crippen LogP contribution in [0.1, 0.15) is 196 Å². The first kappa shape index (κ1) is 91.1. The van der Waals surface area contributed by atoms with Crippen molar-refractivity contribution in [1.29, 1.82) is 0 Å². The number of rotatable bonds is 16. The molecule has 1 spiro atoms. The molecule has 32 heteroatoms. The van der Waals surface area contributed by atoms with Gasteiger partial charge in [0.2, 0.25) is 70.9 Å². The number of carbonyl (C=O) groups excluding carboxylic acids is 12. The summed E-state index contributed by atoms with van der Waals surface area (Å²) < 4.78 is 97.1. The van der Waals surface area contributed by atoms with Crippen molar-refractivity contribution in [3.8, 4) is 0 Å². The van der Waals surface area contributed by atoms with Gasteiger partial charge in [-0.3, -0.25) is 57.5 Å². The van der Waals surface area contributed by atoms with Crippen molar-refractivity contribution in [2.24, 2.45) is 46.8 Å². The largest absolute Gasteiger partial charge is 0.394 e. The SMILES string of the molecule is CCO[C@@H]1C[C@H]2C(=O)NC3(CC(C)(C)C3)C(=O)N(C)[C@@H](C(CC)CC)C(=O)N(C)[C@H](C(=O)N(C)C)CC(=O)N(C)[C@@H](CC3CCC3)C(=O)N[C@@H]([C@@H](C)CC)C(=O)N(C)CC(=O)N(C)[C@H]3C/C=C\CCN(C3=O)[C@@H](CC3CCC(C(F)(F)F)CC3)C(=O)N(C)CC(=O)N[C@@H](CCC3CCC(C(F)(F)F)C(OC)C3)C(=O)N2C1. The molecule has 2 bridgehead atoms. The van der Waals surface area contributed by atoms with E-state index in [1.165, 1.54) is 88.0 Å². The smallest absolute Gasteiger partial charge is 0.381 e. The Morgan fingerprint density at radius 2 is 1.24 bits per heavy atom. The van der Waals surface area contributed by atoms with Gasteiger partial charge in [-0.25, -0.2) is 0 Å². The summed E-state index contributed by atoms with van der Waals surface area (Å²) in [5.74, 6) is -14.3. The van der Waals surface area contributed by atoms with E-state index in [-0.39, 0.29) is 128 Å². The lowest BCUT2D eigenvalue weighted by Crippen LogP contribution is -2.71. The average molecular weight is 1580 g/mol. The van der Waals surface area contributed by atoms with Crippen LogP contribution in [-0.4, -0.2) is 290 Å². The second kappa shape index (κ2) is 38.8. The van der Waals surface area contributed by atoms with E-state index in [1.807, 2.05) is 27.7 Å². The Morgan fingerprint density at radius 1 is 0.631 bits per heavy atom. The van der Waals surface area contributed by atoms with E-state index in [1.54, 1.807) is 32.9 Å². The van der Waals surface area contributed by atoms with E-state index in [2.05, 4.69) is 16.0 Å². The molecule has 7 aliphatic rings. The number of amides is 12. The van der Waals surface area contributed by atoms with Crippen molar-refractivity contribution < 1.29 is 93.4 Å². The van der Waals surface area contributed by atoms with Crippen molar-refractivity contribution in [3.63, 3.8) is 0 Å². The second-order valence-corrected chi connectivity index (χ2v) is 33.9. The molecule has 628 valence electrons. The molecule has 3 unspecified atom stereocenters. The molecule has 6 fully saturated rings. The molecule has 0 aromatic carbocycles. The number of carbonyl (C=O) groups is 12. The molecule has 0 aromatic heterocycles. The normalized spacial score (nSPS) is 31.1.